The van der Waals surface area contributed by atoms with Gasteiger partial charge in [-0.3, -0.25) is 0 Å². The Hall–Kier alpha value is -0.900. The Balaban J connectivity index is 2.63. The lowest BCUT2D eigenvalue weighted by atomic mass is 9.96. The zero-order valence-corrected chi connectivity index (χ0v) is 12.7. The van der Waals surface area contributed by atoms with Gasteiger partial charge in [-0.05, 0) is 43.6 Å². The Morgan fingerprint density at radius 2 is 1.74 bits per heavy atom. The van der Waals surface area contributed by atoms with E-state index in [0.29, 0.717) is 0 Å². The number of benzene rings is 1. The van der Waals surface area contributed by atoms with E-state index < -0.39 is 0 Å². The molecule has 1 atom stereocenters. The third kappa shape index (κ3) is 4.60. The number of hydrogen-bond donors (Lipinski definition) is 2. The van der Waals surface area contributed by atoms with Crippen LogP contribution in [0.1, 0.15) is 36.6 Å². The number of hydrogen-bond acceptors (Lipinski definition) is 3. The Morgan fingerprint density at radius 3 is 2.21 bits per heavy atom. The van der Waals surface area contributed by atoms with Gasteiger partial charge in [-0.15, -0.1) is 0 Å². The molecule has 2 N–H and O–H groups in total. The molecule has 108 valence electrons. The van der Waals surface area contributed by atoms with Gasteiger partial charge in [0.05, 0.1) is 12.6 Å². The summed E-state index contributed by atoms with van der Waals surface area (Å²) in [5, 5.41) is 13.1. The Kier molecular flexibility index (Phi) is 7.06. The molecular weight excluding hydrogens is 236 g/mol. The second kappa shape index (κ2) is 8.31. The average Bonchev–Trinajstić information content (AvgIpc) is 2.41. The van der Waals surface area contributed by atoms with Crippen molar-refractivity contribution < 1.29 is 5.11 Å². The van der Waals surface area contributed by atoms with Gasteiger partial charge in [-0.1, -0.05) is 32.0 Å². The molecule has 0 radical (unpaired) electrons. The first kappa shape index (κ1) is 16.2. The molecule has 1 aromatic carbocycles. The van der Waals surface area contributed by atoms with Gasteiger partial charge in [0.15, 0.2) is 0 Å². The Bertz CT molecular complexity index is 355. The van der Waals surface area contributed by atoms with Crippen LogP contribution in [0, 0.1) is 13.8 Å². The normalized spacial score (nSPS) is 12.9. The molecule has 1 unspecified atom stereocenters. The van der Waals surface area contributed by atoms with E-state index in [1.165, 1.54) is 16.7 Å². The molecule has 0 saturated heterocycles. The maximum atomic E-state index is 9.63. The molecule has 3 nitrogen and oxygen atoms in total. The second-order valence-electron chi connectivity index (χ2n) is 5.02. The van der Waals surface area contributed by atoms with E-state index in [0.717, 1.165) is 26.2 Å². The third-order valence-corrected chi connectivity index (χ3v) is 3.79. The summed E-state index contributed by atoms with van der Waals surface area (Å²) in [6.45, 7) is 12.8. The summed E-state index contributed by atoms with van der Waals surface area (Å²) in [6.07, 6.45) is 0. The monoisotopic (exact) mass is 264 g/mol. The van der Waals surface area contributed by atoms with Crippen molar-refractivity contribution >= 4 is 0 Å². The predicted molar refractivity (Wildman–Crippen MR) is 81.5 cm³/mol. The van der Waals surface area contributed by atoms with Crippen molar-refractivity contribution in [3.8, 4) is 0 Å². The fourth-order valence-electron chi connectivity index (χ4n) is 2.57. The van der Waals surface area contributed by atoms with Crippen molar-refractivity contribution in [2.75, 3.05) is 32.8 Å². The first-order chi connectivity index (χ1) is 9.13. The van der Waals surface area contributed by atoms with Crippen molar-refractivity contribution in [2.45, 2.75) is 33.7 Å². The number of aliphatic hydroxyl groups is 1. The highest BCUT2D eigenvalue weighted by Crippen LogP contribution is 2.21. The van der Waals surface area contributed by atoms with Crippen molar-refractivity contribution in [1.29, 1.82) is 0 Å². The van der Waals surface area contributed by atoms with Crippen molar-refractivity contribution in [1.82, 2.24) is 10.2 Å². The zero-order chi connectivity index (χ0) is 14.3. The minimum absolute atomic E-state index is 0.0387. The predicted octanol–water partition coefficient (Wildman–Crippen LogP) is 2.27. The summed E-state index contributed by atoms with van der Waals surface area (Å²) < 4.78 is 0. The Labute approximate surface area is 117 Å². The number of aryl methyl sites for hydroxylation is 2. The van der Waals surface area contributed by atoms with Crippen molar-refractivity contribution in [3.05, 3.63) is 34.9 Å². The summed E-state index contributed by atoms with van der Waals surface area (Å²) in [7, 11) is 0. The molecule has 1 aromatic rings. The van der Waals surface area contributed by atoms with Gasteiger partial charge in [0.25, 0.3) is 0 Å². The molecule has 0 aromatic heterocycles. The molecule has 1 rings (SSSR count). The molecule has 0 aliphatic rings. The summed E-state index contributed by atoms with van der Waals surface area (Å²) in [4.78, 5) is 2.38. The summed E-state index contributed by atoms with van der Waals surface area (Å²) in [6, 6.07) is 6.32. The minimum atomic E-state index is 0.0387. The lowest BCUT2D eigenvalue weighted by Crippen LogP contribution is -2.35. The molecule has 0 spiro atoms. The molecule has 0 aliphatic carbocycles. The standard InChI is InChI=1S/C16H28N2O/c1-5-18(6-2)11-10-17-15(12-19)16-13(3)8-7-9-14(16)4/h7-9,15,17,19H,5-6,10-12H2,1-4H3. The van der Waals surface area contributed by atoms with Crippen LogP contribution in [-0.2, 0) is 0 Å². The zero-order valence-electron chi connectivity index (χ0n) is 12.7. The second-order valence-corrected chi connectivity index (χ2v) is 5.02. The molecular formula is C16H28N2O. The molecule has 0 aliphatic heterocycles. The van der Waals surface area contributed by atoms with E-state index in [-0.39, 0.29) is 12.6 Å². The molecule has 3 heteroatoms. The SMILES string of the molecule is CCN(CC)CCNC(CO)c1c(C)cccc1C. The van der Waals surface area contributed by atoms with Gasteiger partial charge in [-0.25, -0.2) is 0 Å². The van der Waals surface area contributed by atoms with Crippen LogP contribution in [0.4, 0.5) is 0 Å². The fourth-order valence-corrected chi connectivity index (χ4v) is 2.57. The summed E-state index contributed by atoms with van der Waals surface area (Å²) in [5.41, 5.74) is 3.73. The highest BCUT2D eigenvalue weighted by molar-refractivity contribution is 5.36. The first-order valence-electron chi connectivity index (χ1n) is 7.26. The number of nitrogens with one attached hydrogen (secondary N) is 1. The van der Waals surface area contributed by atoms with Gasteiger partial charge in [0, 0.05) is 13.1 Å². The number of nitrogens with zero attached hydrogens (tertiary/aromatic N) is 1. The largest absolute Gasteiger partial charge is 0.394 e. The highest BCUT2D eigenvalue weighted by Gasteiger charge is 2.14. The number of rotatable bonds is 8. The quantitative estimate of drug-likeness (QED) is 0.756. The highest BCUT2D eigenvalue weighted by atomic mass is 16.3. The van der Waals surface area contributed by atoms with E-state index in [4.69, 9.17) is 0 Å². The lowest BCUT2D eigenvalue weighted by molar-refractivity contribution is 0.232. The van der Waals surface area contributed by atoms with Crippen LogP contribution < -0.4 is 5.32 Å². The van der Waals surface area contributed by atoms with Gasteiger partial charge < -0.3 is 15.3 Å². The summed E-state index contributed by atoms with van der Waals surface area (Å²) >= 11 is 0. The van der Waals surface area contributed by atoms with Crippen LogP contribution in [0.25, 0.3) is 0 Å². The van der Waals surface area contributed by atoms with Crippen molar-refractivity contribution in [3.63, 3.8) is 0 Å². The summed E-state index contributed by atoms with van der Waals surface area (Å²) in [5.74, 6) is 0. The van der Waals surface area contributed by atoms with Crippen LogP contribution in [0.5, 0.6) is 0 Å². The van der Waals surface area contributed by atoms with E-state index in [2.05, 4.69) is 56.1 Å². The average molecular weight is 264 g/mol. The first-order valence-corrected chi connectivity index (χ1v) is 7.26. The molecule has 0 saturated carbocycles. The van der Waals surface area contributed by atoms with E-state index in [1.807, 2.05) is 0 Å². The molecule has 0 bridgehead atoms. The maximum Gasteiger partial charge on any atom is 0.0626 e. The van der Waals surface area contributed by atoms with Crippen LogP contribution in [-0.4, -0.2) is 42.8 Å². The molecule has 0 fully saturated rings. The minimum Gasteiger partial charge on any atom is -0.394 e. The van der Waals surface area contributed by atoms with Crippen LogP contribution in [0.3, 0.4) is 0 Å². The van der Waals surface area contributed by atoms with Crippen LogP contribution in [0.2, 0.25) is 0 Å². The number of likely N-dealkylation sites (N-methyl/N-ethyl adjacent to an activating group) is 1. The van der Waals surface area contributed by atoms with E-state index in [1.54, 1.807) is 0 Å². The molecule has 0 amide bonds. The topological polar surface area (TPSA) is 35.5 Å². The van der Waals surface area contributed by atoms with Crippen LogP contribution in [0.15, 0.2) is 18.2 Å². The van der Waals surface area contributed by atoms with E-state index in [9.17, 15) is 5.11 Å². The molecule has 0 heterocycles. The van der Waals surface area contributed by atoms with E-state index >= 15 is 0 Å². The fraction of sp³-hybridized carbons (Fsp3) is 0.625. The van der Waals surface area contributed by atoms with Gasteiger partial charge >= 0.3 is 0 Å². The van der Waals surface area contributed by atoms with Gasteiger partial charge in [-0.2, -0.15) is 0 Å². The van der Waals surface area contributed by atoms with Gasteiger partial charge in [0.2, 0.25) is 0 Å². The third-order valence-electron chi connectivity index (χ3n) is 3.79. The van der Waals surface area contributed by atoms with Crippen LogP contribution >= 0.6 is 0 Å². The van der Waals surface area contributed by atoms with Crippen molar-refractivity contribution in [2.24, 2.45) is 0 Å². The smallest absolute Gasteiger partial charge is 0.0626 e. The van der Waals surface area contributed by atoms with Gasteiger partial charge in [0.1, 0.15) is 0 Å². The Morgan fingerprint density at radius 1 is 1.16 bits per heavy atom. The number of aliphatic hydroxyl groups excluding tert-OH is 1. The molecule has 19 heavy (non-hydrogen) atoms. The lowest BCUT2D eigenvalue weighted by Gasteiger charge is -2.23. The maximum absolute atomic E-state index is 9.63.